The van der Waals surface area contributed by atoms with Crippen LogP contribution in [-0.4, -0.2) is 32.7 Å². The van der Waals surface area contributed by atoms with Gasteiger partial charge in [0.2, 0.25) is 0 Å². The molecule has 0 amide bonds. The SMILES string of the molecule is COc1ccc2nc(COc3ccc(CCC(=O)O)c(OCc4cccnc4)c3)n(C)c2c1.Cl. The summed E-state index contributed by atoms with van der Waals surface area (Å²) in [6.07, 6.45) is 3.82. The third-order valence-electron chi connectivity index (χ3n) is 5.31. The highest BCUT2D eigenvalue weighted by Crippen LogP contribution is 2.28. The number of carboxylic acids is 1. The fourth-order valence-electron chi connectivity index (χ4n) is 3.48. The monoisotopic (exact) mass is 483 g/mol. The summed E-state index contributed by atoms with van der Waals surface area (Å²) in [4.78, 5) is 19.8. The van der Waals surface area contributed by atoms with Gasteiger partial charge in [0.05, 0.1) is 18.1 Å². The molecule has 0 aliphatic rings. The molecule has 2 aromatic heterocycles. The number of fused-ring (bicyclic) bond motifs is 1. The van der Waals surface area contributed by atoms with E-state index in [4.69, 9.17) is 19.3 Å². The van der Waals surface area contributed by atoms with Crippen molar-refractivity contribution in [3.05, 3.63) is 77.9 Å². The van der Waals surface area contributed by atoms with Gasteiger partial charge in [-0.2, -0.15) is 0 Å². The number of hydrogen-bond donors (Lipinski definition) is 1. The molecule has 2 heterocycles. The van der Waals surface area contributed by atoms with Gasteiger partial charge >= 0.3 is 5.97 Å². The van der Waals surface area contributed by atoms with Gasteiger partial charge in [-0.15, -0.1) is 12.4 Å². The van der Waals surface area contributed by atoms with E-state index in [2.05, 4.69) is 9.97 Å². The number of rotatable bonds is 10. The topological polar surface area (TPSA) is 95.7 Å². The second-order valence-corrected chi connectivity index (χ2v) is 7.54. The average Bonchev–Trinajstić information content (AvgIpc) is 3.15. The molecule has 0 aliphatic carbocycles. The fraction of sp³-hybridized carbons (Fsp3) is 0.240. The van der Waals surface area contributed by atoms with Gasteiger partial charge in [0.1, 0.15) is 36.3 Å². The normalized spacial score (nSPS) is 10.5. The average molecular weight is 484 g/mol. The maximum absolute atomic E-state index is 11.0. The Bertz CT molecular complexity index is 1260. The molecular formula is C25H26ClN3O5. The number of aryl methyl sites for hydroxylation is 2. The summed E-state index contributed by atoms with van der Waals surface area (Å²) < 4.78 is 19.3. The highest BCUT2D eigenvalue weighted by atomic mass is 35.5. The van der Waals surface area contributed by atoms with Crippen LogP contribution in [0.3, 0.4) is 0 Å². The second-order valence-electron chi connectivity index (χ2n) is 7.54. The molecule has 0 bridgehead atoms. The van der Waals surface area contributed by atoms with Crippen molar-refractivity contribution in [3.8, 4) is 17.2 Å². The van der Waals surface area contributed by atoms with Gasteiger partial charge in [-0.1, -0.05) is 12.1 Å². The Morgan fingerprint density at radius 3 is 2.62 bits per heavy atom. The highest BCUT2D eigenvalue weighted by Gasteiger charge is 2.12. The van der Waals surface area contributed by atoms with E-state index in [9.17, 15) is 4.79 Å². The summed E-state index contributed by atoms with van der Waals surface area (Å²) in [6.45, 7) is 0.591. The lowest BCUT2D eigenvalue weighted by atomic mass is 10.1. The van der Waals surface area contributed by atoms with Crippen molar-refractivity contribution in [2.24, 2.45) is 7.05 Å². The Balaban J connectivity index is 0.00000324. The Kier molecular flexibility index (Phi) is 8.32. The first-order valence-electron chi connectivity index (χ1n) is 10.5. The lowest BCUT2D eigenvalue weighted by molar-refractivity contribution is -0.136. The van der Waals surface area contributed by atoms with Crippen LogP contribution >= 0.6 is 12.4 Å². The van der Waals surface area contributed by atoms with Crippen molar-refractivity contribution in [2.45, 2.75) is 26.1 Å². The Hall–Kier alpha value is -3.78. The molecule has 0 atom stereocenters. The number of imidazole rings is 1. The maximum atomic E-state index is 11.0. The lowest BCUT2D eigenvalue weighted by Crippen LogP contribution is -2.05. The summed E-state index contributed by atoms with van der Waals surface area (Å²) in [5, 5.41) is 9.07. The van der Waals surface area contributed by atoms with Crippen molar-refractivity contribution < 1.29 is 24.1 Å². The molecule has 178 valence electrons. The third kappa shape index (κ3) is 5.96. The van der Waals surface area contributed by atoms with Crippen LogP contribution in [-0.2, 0) is 31.5 Å². The minimum Gasteiger partial charge on any atom is -0.497 e. The number of hydrogen-bond acceptors (Lipinski definition) is 6. The summed E-state index contributed by atoms with van der Waals surface area (Å²) in [5.74, 6) is 1.88. The van der Waals surface area contributed by atoms with Crippen LogP contribution in [0.15, 0.2) is 60.9 Å². The molecule has 0 radical (unpaired) electrons. The van der Waals surface area contributed by atoms with E-state index in [1.807, 2.05) is 54.1 Å². The predicted molar refractivity (Wildman–Crippen MR) is 130 cm³/mol. The largest absolute Gasteiger partial charge is 0.497 e. The summed E-state index contributed by atoms with van der Waals surface area (Å²) in [6, 6.07) is 14.9. The van der Waals surface area contributed by atoms with Gasteiger partial charge in [-0.25, -0.2) is 4.98 Å². The first-order valence-corrected chi connectivity index (χ1v) is 10.5. The van der Waals surface area contributed by atoms with Crippen molar-refractivity contribution in [1.29, 1.82) is 0 Å². The molecule has 0 unspecified atom stereocenters. The fourth-order valence-corrected chi connectivity index (χ4v) is 3.48. The minimum atomic E-state index is -0.855. The van der Waals surface area contributed by atoms with E-state index in [1.165, 1.54) is 0 Å². The Morgan fingerprint density at radius 1 is 1.06 bits per heavy atom. The third-order valence-corrected chi connectivity index (χ3v) is 5.31. The number of halogens is 1. The first kappa shape index (κ1) is 24.9. The second kappa shape index (κ2) is 11.4. The maximum Gasteiger partial charge on any atom is 0.303 e. The van der Waals surface area contributed by atoms with Gasteiger partial charge in [0, 0.05) is 43.6 Å². The van der Waals surface area contributed by atoms with Crippen molar-refractivity contribution in [1.82, 2.24) is 14.5 Å². The minimum absolute atomic E-state index is 0. The number of nitrogens with zero attached hydrogens (tertiary/aromatic N) is 3. The van der Waals surface area contributed by atoms with Crippen LogP contribution in [0.5, 0.6) is 17.2 Å². The molecule has 0 saturated carbocycles. The van der Waals surface area contributed by atoms with Crippen LogP contribution < -0.4 is 14.2 Å². The molecule has 34 heavy (non-hydrogen) atoms. The van der Waals surface area contributed by atoms with Gasteiger partial charge in [-0.3, -0.25) is 9.78 Å². The van der Waals surface area contributed by atoms with E-state index in [0.29, 0.717) is 24.5 Å². The van der Waals surface area contributed by atoms with E-state index in [0.717, 1.165) is 33.7 Å². The Morgan fingerprint density at radius 2 is 1.88 bits per heavy atom. The quantitative estimate of drug-likeness (QED) is 0.353. The summed E-state index contributed by atoms with van der Waals surface area (Å²) in [5.41, 5.74) is 3.55. The van der Waals surface area contributed by atoms with Crippen LogP contribution in [0.4, 0.5) is 0 Å². The number of benzene rings is 2. The van der Waals surface area contributed by atoms with Crippen molar-refractivity contribution >= 4 is 29.4 Å². The molecule has 0 fully saturated rings. The van der Waals surface area contributed by atoms with Gasteiger partial charge in [0.25, 0.3) is 0 Å². The smallest absolute Gasteiger partial charge is 0.303 e. The summed E-state index contributed by atoms with van der Waals surface area (Å²) in [7, 11) is 3.57. The first-order chi connectivity index (χ1) is 16.0. The van der Waals surface area contributed by atoms with E-state index in [-0.39, 0.29) is 25.4 Å². The van der Waals surface area contributed by atoms with E-state index < -0.39 is 5.97 Å². The molecule has 8 nitrogen and oxygen atoms in total. The number of ether oxygens (including phenoxy) is 3. The molecule has 9 heteroatoms. The predicted octanol–water partition coefficient (Wildman–Crippen LogP) is 4.57. The number of carboxylic acid groups (broad SMARTS) is 1. The molecule has 4 rings (SSSR count). The number of aromatic nitrogens is 3. The number of pyridine rings is 1. The van der Waals surface area contributed by atoms with Gasteiger partial charge < -0.3 is 23.9 Å². The van der Waals surface area contributed by atoms with Crippen molar-refractivity contribution in [2.75, 3.05) is 7.11 Å². The number of carbonyl (C=O) groups is 1. The number of methoxy groups -OCH3 is 1. The van der Waals surface area contributed by atoms with Crippen LogP contribution in [0, 0.1) is 0 Å². The van der Waals surface area contributed by atoms with Gasteiger partial charge in [-0.05, 0) is 36.2 Å². The zero-order chi connectivity index (χ0) is 23.2. The molecule has 0 aliphatic heterocycles. The molecule has 2 aromatic carbocycles. The standard InChI is InChI=1S/C25H25N3O5.ClH/c1-28-22-12-19(31-2)8-9-21(22)27-24(28)16-32-20-7-5-18(6-10-25(29)30)23(13-20)33-15-17-4-3-11-26-14-17;/h3-5,7-9,11-14H,6,10,15-16H2,1-2H3,(H,29,30);1H. The lowest BCUT2D eigenvalue weighted by Gasteiger charge is -2.14. The van der Waals surface area contributed by atoms with E-state index >= 15 is 0 Å². The molecule has 1 N–H and O–H groups in total. The molecule has 4 aromatic rings. The zero-order valence-corrected chi connectivity index (χ0v) is 19.7. The van der Waals surface area contributed by atoms with Crippen molar-refractivity contribution in [3.63, 3.8) is 0 Å². The zero-order valence-electron chi connectivity index (χ0n) is 18.9. The number of aliphatic carboxylic acids is 1. The molecule has 0 saturated heterocycles. The molecular weight excluding hydrogens is 458 g/mol. The summed E-state index contributed by atoms with van der Waals surface area (Å²) >= 11 is 0. The van der Waals surface area contributed by atoms with Crippen LogP contribution in [0.1, 0.15) is 23.4 Å². The van der Waals surface area contributed by atoms with Crippen LogP contribution in [0.2, 0.25) is 0 Å². The molecule has 0 spiro atoms. The highest BCUT2D eigenvalue weighted by molar-refractivity contribution is 5.85. The van der Waals surface area contributed by atoms with Crippen LogP contribution in [0.25, 0.3) is 11.0 Å². The van der Waals surface area contributed by atoms with Gasteiger partial charge in [0.15, 0.2) is 0 Å². The van der Waals surface area contributed by atoms with E-state index in [1.54, 1.807) is 25.6 Å². The Labute approximate surface area is 203 Å².